The van der Waals surface area contributed by atoms with Gasteiger partial charge in [0, 0.05) is 24.0 Å². The summed E-state index contributed by atoms with van der Waals surface area (Å²) in [6.45, 7) is 4.76. The van der Waals surface area contributed by atoms with Gasteiger partial charge in [-0.05, 0) is 68.7 Å². The summed E-state index contributed by atoms with van der Waals surface area (Å²) in [5, 5.41) is 3.67. The smallest absolute Gasteiger partial charge is 0.243 e. The lowest BCUT2D eigenvalue weighted by molar-refractivity contribution is -0.120. The molecule has 0 saturated carbocycles. The van der Waals surface area contributed by atoms with Crippen LogP contribution < -0.4 is 10.1 Å². The maximum absolute atomic E-state index is 13.0. The third-order valence-corrected chi connectivity index (χ3v) is 7.55. The highest BCUT2D eigenvalue weighted by atomic mass is 35.5. The summed E-state index contributed by atoms with van der Waals surface area (Å²) in [6, 6.07) is 9.73. The Kier molecular flexibility index (Phi) is 7.29. The summed E-state index contributed by atoms with van der Waals surface area (Å²) in [5.74, 6) is 0.188. The summed E-state index contributed by atoms with van der Waals surface area (Å²) in [4.78, 5) is 12.8. The molecule has 0 atom stereocenters. The number of anilines is 1. The number of benzene rings is 2. The standard InChI is InChI=1S/C21H24Cl2N2O4S/c1-3-29-20-7-5-17(12-14(20)2)30(27,28)25-10-8-15(9-11-25)21(26)24-19-13-16(22)4-6-18(19)23/h4-7,12-13,15H,3,8-11H2,1-2H3,(H,24,26). The van der Waals surface area contributed by atoms with Gasteiger partial charge in [-0.2, -0.15) is 4.31 Å². The molecule has 0 aromatic heterocycles. The molecule has 0 spiro atoms. The normalized spacial score (nSPS) is 15.7. The highest BCUT2D eigenvalue weighted by Crippen LogP contribution is 2.30. The first kappa shape index (κ1) is 22.9. The van der Waals surface area contributed by atoms with E-state index in [1.54, 1.807) is 36.4 Å². The largest absolute Gasteiger partial charge is 0.494 e. The van der Waals surface area contributed by atoms with Gasteiger partial charge in [0.15, 0.2) is 0 Å². The molecular formula is C21H24Cl2N2O4S. The lowest BCUT2D eigenvalue weighted by Crippen LogP contribution is -2.41. The highest BCUT2D eigenvalue weighted by Gasteiger charge is 2.32. The average Bonchev–Trinajstić information content (AvgIpc) is 2.72. The first-order valence-corrected chi connectivity index (χ1v) is 11.9. The van der Waals surface area contributed by atoms with Crippen molar-refractivity contribution >= 4 is 44.8 Å². The highest BCUT2D eigenvalue weighted by molar-refractivity contribution is 7.89. The van der Waals surface area contributed by atoms with Gasteiger partial charge in [-0.1, -0.05) is 23.2 Å². The molecule has 6 nitrogen and oxygen atoms in total. The molecule has 1 aliphatic rings. The monoisotopic (exact) mass is 470 g/mol. The number of sulfonamides is 1. The van der Waals surface area contributed by atoms with Crippen LogP contribution in [-0.4, -0.2) is 38.3 Å². The second kappa shape index (κ2) is 9.56. The van der Waals surface area contributed by atoms with Crippen LogP contribution >= 0.6 is 23.2 Å². The number of rotatable bonds is 6. The number of nitrogens with one attached hydrogen (secondary N) is 1. The molecule has 0 radical (unpaired) electrons. The first-order chi connectivity index (χ1) is 14.2. The first-order valence-electron chi connectivity index (χ1n) is 9.72. The predicted octanol–water partition coefficient (Wildman–Crippen LogP) is 4.74. The summed E-state index contributed by atoms with van der Waals surface area (Å²) in [6.07, 6.45) is 0.860. The SMILES string of the molecule is CCOc1ccc(S(=O)(=O)N2CCC(C(=O)Nc3cc(Cl)ccc3Cl)CC2)cc1C. The number of piperidine rings is 1. The number of hydrogen-bond donors (Lipinski definition) is 1. The van der Waals surface area contributed by atoms with Crippen LogP contribution in [0.3, 0.4) is 0 Å². The molecule has 0 aliphatic carbocycles. The van der Waals surface area contributed by atoms with Gasteiger partial charge < -0.3 is 10.1 Å². The van der Waals surface area contributed by atoms with Crippen molar-refractivity contribution < 1.29 is 17.9 Å². The molecule has 0 unspecified atom stereocenters. The molecule has 1 heterocycles. The molecule has 3 rings (SSSR count). The van der Waals surface area contributed by atoms with E-state index < -0.39 is 10.0 Å². The van der Waals surface area contributed by atoms with Crippen LogP contribution in [0.4, 0.5) is 5.69 Å². The van der Waals surface area contributed by atoms with E-state index in [0.717, 1.165) is 5.56 Å². The summed E-state index contributed by atoms with van der Waals surface area (Å²) in [7, 11) is -3.63. The quantitative estimate of drug-likeness (QED) is 0.661. The number of ether oxygens (including phenoxy) is 1. The van der Waals surface area contributed by atoms with Gasteiger partial charge in [-0.15, -0.1) is 0 Å². The second-order valence-electron chi connectivity index (χ2n) is 7.15. The minimum Gasteiger partial charge on any atom is -0.494 e. The van der Waals surface area contributed by atoms with Crippen molar-refractivity contribution in [1.29, 1.82) is 0 Å². The Labute approximate surface area is 187 Å². The van der Waals surface area contributed by atoms with Gasteiger partial charge in [0.25, 0.3) is 0 Å². The van der Waals surface area contributed by atoms with Crippen LogP contribution in [0.15, 0.2) is 41.3 Å². The molecule has 1 N–H and O–H groups in total. The van der Waals surface area contributed by atoms with Gasteiger partial charge >= 0.3 is 0 Å². The van der Waals surface area contributed by atoms with Gasteiger partial charge in [0.05, 0.1) is 22.2 Å². The lowest BCUT2D eigenvalue weighted by atomic mass is 9.97. The third kappa shape index (κ3) is 5.09. The number of carbonyl (C=O) groups excluding carboxylic acids is 1. The fourth-order valence-electron chi connectivity index (χ4n) is 3.44. The molecule has 2 aromatic rings. The van der Waals surface area contributed by atoms with E-state index in [1.165, 1.54) is 4.31 Å². The van der Waals surface area contributed by atoms with E-state index in [4.69, 9.17) is 27.9 Å². The van der Waals surface area contributed by atoms with E-state index >= 15 is 0 Å². The van der Waals surface area contributed by atoms with Crippen molar-refractivity contribution in [3.05, 3.63) is 52.0 Å². The molecule has 1 fully saturated rings. The van der Waals surface area contributed by atoms with Crippen LogP contribution in [0.5, 0.6) is 5.75 Å². The summed E-state index contributed by atoms with van der Waals surface area (Å²) < 4.78 is 32.9. The molecule has 162 valence electrons. The molecule has 0 bridgehead atoms. The maximum atomic E-state index is 13.0. The van der Waals surface area contributed by atoms with E-state index in [9.17, 15) is 13.2 Å². The fourth-order valence-corrected chi connectivity index (χ4v) is 5.33. The van der Waals surface area contributed by atoms with Crippen LogP contribution in [0.1, 0.15) is 25.3 Å². The fraction of sp³-hybridized carbons (Fsp3) is 0.381. The van der Waals surface area contributed by atoms with Crippen molar-refractivity contribution in [2.24, 2.45) is 5.92 Å². The zero-order valence-electron chi connectivity index (χ0n) is 16.8. The van der Waals surface area contributed by atoms with Gasteiger partial charge in [0.2, 0.25) is 15.9 Å². The van der Waals surface area contributed by atoms with Crippen LogP contribution in [0.25, 0.3) is 0 Å². The van der Waals surface area contributed by atoms with E-state index in [0.29, 0.717) is 40.9 Å². The molecule has 1 saturated heterocycles. The van der Waals surface area contributed by atoms with Crippen molar-refractivity contribution in [3.8, 4) is 5.75 Å². The Hall–Kier alpha value is -1.80. The number of halogens is 2. The number of hydrogen-bond acceptors (Lipinski definition) is 4. The maximum Gasteiger partial charge on any atom is 0.243 e. The topological polar surface area (TPSA) is 75.7 Å². The average molecular weight is 471 g/mol. The van der Waals surface area contributed by atoms with Crippen molar-refractivity contribution in [3.63, 3.8) is 0 Å². The minimum absolute atomic E-state index is 0.187. The van der Waals surface area contributed by atoms with Crippen LogP contribution in [-0.2, 0) is 14.8 Å². The Bertz CT molecular complexity index is 1040. The minimum atomic E-state index is -3.63. The zero-order valence-corrected chi connectivity index (χ0v) is 19.1. The third-order valence-electron chi connectivity index (χ3n) is 5.10. The van der Waals surface area contributed by atoms with Crippen molar-refractivity contribution in [1.82, 2.24) is 4.31 Å². The number of amides is 1. The van der Waals surface area contributed by atoms with E-state index in [1.807, 2.05) is 13.8 Å². The van der Waals surface area contributed by atoms with Crippen molar-refractivity contribution in [2.45, 2.75) is 31.6 Å². The van der Waals surface area contributed by atoms with E-state index in [2.05, 4.69) is 5.32 Å². The van der Waals surface area contributed by atoms with Crippen LogP contribution in [0.2, 0.25) is 10.0 Å². The zero-order chi connectivity index (χ0) is 21.9. The molecule has 1 aliphatic heterocycles. The Morgan fingerprint density at radius 3 is 2.50 bits per heavy atom. The summed E-state index contributed by atoms with van der Waals surface area (Å²) >= 11 is 12.1. The van der Waals surface area contributed by atoms with Crippen LogP contribution in [0, 0.1) is 12.8 Å². The molecule has 9 heteroatoms. The van der Waals surface area contributed by atoms with Gasteiger partial charge in [-0.25, -0.2) is 8.42 Å². The Morgan fingerprint density at radius 2 is 1.87 bits per heavy atom. The molecule has 1 amide bonds. The lowest BCUT2D eigenvalue weighted by Gasteiger charge is -2.30. The summed E-state index contributed by atoms with van der Waals surface area (Å²) in [5.41, 5.74) is 1.22. The molecular weight excluding hydrogens is 447 g/mol. The Balaban J connectivity index is 1.65. The number of aryl methyl sites for hydroxylation is 1. The van der Waals surface area contributed by atoms with Gasteiger partial charge in [-0.3, -0.25) is 4.79 Å². The number of carbonyl (C=O) groups is 1. The Morgan fingerprint density at radius 1 is 1.17 bits per heavy atom. The number of nitrogens with zero attached hydrogens (tertiary/aromatic N) is 1. The van der Waals surface area contributed by atoms with Gasteiger partial charge in [0.1, 0.15) is 5.75 Å². The molecule has 2 aromatic carbocycles. The van der Waals surface area contributed by atoms with Crippen molar-refractivity contribution in [2.75, 3.05) is 25.0 Å². The molecule has 30 heavy (non-hydrogen) atoms. The van der Waals surface area contributed by atoms with E-state index in [-0.39, 0.29) is 29.8 Å². The predicted molar refractivity (Wildman–Crippen MR) is 119 cm³/mol. The second-order valence-corrected chi connectivity index (χ2v) is 9.93.